The van der Waals surface area contributed by atoms with E-state index in [4.69, 9.17) is 9.47 Å². The Balaban J connectivity index is 1.43. The molecule has 0 bridgehead atoms. The molecule has 0 spiro atoms. The van der Waals surface area contributed by atoms with Crippen molar-refractivity contribution in [3.05, 3.63) is 119 Å². The van der Waals surface area contributed by atoms with E-state index in [-0.39, 0.29) is 17.4 Å². The van der Waals surface area contributed by atoms with Gasteiger partial charge in [0.25, 0.3) is 11.8 Å². The van der Waals surface area contributed by atoms with Gasteiger partial charge in [0, 0.05) is 33.5 Å². The van der Waals surface area contributed by atoms with Gasteiger partial charge in [-0.3, -0.25) is 14.4 Å². The predicted octanol–water partition coefficient (Wildman–Crippen LogP) is 6.97. The molecule has 0 aliphatic heterocycles. The summed E-state index contributed by atoms with van der Waals surface area (Å²) in [6.45, 7) is 4.25. The third-order valence-electron chi connectivity index (χ3n) is 6.61. The van der Waals surface area contributed by atoms with Gasteiger partial charge in [-0.15, -0.1) is 11.8 Å². The van der Waals surface area contributed by atoms with Gasteiger partial charge in [0.2, 0.25) is 5.91 Å². The van der Waals surface area contributed by atoms with Crippen molar-refractivity contribution in [3.63, 3.8) is 0 Å². The van der Waals surface area contributed by atoms with Gasteiger partial charge in [0.15, 0.2) is 0 Å². The lowest BCUT2D eigenvalue weighted by molar-refractivity contribution is -0.114. The van der Waals surface area contributed by atoms with E-state index in [9.17, 15) is 14.4 Å². The van der Waals surface area contributed by atoms with E-state index in [1.165, 1.54) is 24.4 Å². The molecule has 0 unspecified atom stereocenters. The first-order chi connectivity index (χ1) is 21.2. The lowest BCUT2D eigenvalue weighted by atomic mass is 10.0. The second kappa shape index (κ2) is 15.5. The number of hydrogen-bond donors (Lipinski definition) is 3. The van der Waals surface area contributed by atoms with Crippen LogP contribution in [0.25, 0.3) is 6.08 Å². The maximum atomic E-state index is 13.4. The molecule has 0 fully saturated rings. The van der Waals surface area contributed by atoms with Gasteiger partial charge in [-0.25, -0.2) is 0 Å². The predicted molar refractivity (Wildman–Crippen MR) is 176 cm³/mol. The Morgan fingerprint density at radius 1 is 0.795 bits per heavy atom. The molecule has 226 valence electrons. The zero-order valence-electron chi connectivity index (χ0n) is 25.0. The number of benzene rings is 4. The highest BCUT2D eigenvalue weighted by atomic mass is 32.2. The molecule has 0 aliphatic carbocycles. The van der Waals surface area contributed by atoms with Gasteiger partial charge in [-0.1, -0.05) is 44.2 Å². The number of hydrogen-bond acceptors (Lipinski definition) is 6. The van der Waals surface area contributed by atoms with Crippen molar-refractivity contribution in [2.24, 2.45) is 0 Å². The smallest absolute Gasteiger partial charge is 0.272 e. The van der Waals surface area contributed by atoms with Gasteiger partial charge >= 0.3 is 0 Å². The summed E-state index contributed by atoms with van der Waals surface area (Å²) >= 11 is 1.39. The summed E-state index contributed by atoms with van der Waals surface area (Å²) < 4.78 is 10.7. The number of carbonyl (C=O) groups excluding carboxylic acids is 3. The van der Waals surface area contributed by atoms with Crippen molar-refractivity contribution >= 4 is 46.9 Å². The molecule has 4 aromatic carbocycles. The number of thioether (sulfide) groups is 1. The second-order valence-electron chi connectivity index (χ2n) is 10.1. The summed E-state index contributed by atoms with van der Waals surface area (Å²) in [5.41, 5.74) is 3.51. The quantitative estimate of drug-likeness (QED) is 0.118. The number of amides is 3. The number of rotatable bonds is 12. The molecule has 8 nitrogen and oxygen atoms in total. The van der Waals surface area contributed by atoms with Crippen LogP contribution >= 0.6 is 11.8 Å². The third-order valence-corrected chi connectivity index (χ3v) is 7.62. The minimum atomic E-state index is -0.518. The molecule has 3 amide bonds. The molecule has 0 atom stereocenters. The SMILES string of the molecule is COc1ccc(/C=C(\NC(=O)c2ccccc2)C(=O)Nc2ccc(SCC(=O)Nc3ccc(C(C)C)cc3)cc2)c(OC)c1. The number of carbonyl (C=O) groups is 3. The zero-order chi connectivity index (χ0) is 31.5. The highest BCUT2D eigenvalue weighted by Crippen LogP contribution is 2.27. The van der Waals surface area contributed by atoms with Crippen LogP contribution in [-0.2, 0) is 9.59 Å². The molecule has 0 saturated heterocycles. The van der Waals surface area contributed by atoms with E-state index >= 15 is 0 Å². The molecule has 9 heteroatoms. The van der Waals surface area contributed by atoms with E-state index in [0.717, 1.165) is 10.6 Å². The Morgan fingerprint density at radius 2 is 1.45 bits per heavy atom. The van der Waals surface area contributed by atoms with Crippen LogP contribution in [0.3, 0.4) is 0 Å². The van der Waals surface area contributed by atoms with Gasteiger partial charge in [0.1, 0.15) is 17.2 Å². The maximum absolute atomic E-state index is 13.4. The Bertz CT molecular complexity index is 1620. The molecule has 0 saturated carbocycles. The first kappa shape index (κ1) is 31.9. The van der Waals surface area contributed by atoms with Crippen LogP contribution in [-0.4, -0.2) is 37.7 Å². The molecular formula is C35H35N3O5S. The van der Waals surface area contributed by atoms with Crippen molar-refractivity contribution in [2.75, 3.05) is 30.6 Å². The third kappa shape index (κ3) is 8.99. The summed E-state index contributed by atoms with van der Waals surface area (Å²) in [6.07, 6.45) is 1.55. The normalized spacial score (nSPS) is 11.1. The van der Waals surface area contributed by atoms with Crippen LogP contribution < -0.4 is 25.4 Å². The fraction of sp³-hybridized carbons (Fsp3) is 0.171. The lowest BCUT2D eigenvalue weighted by Crippen LogP contribution is -2.30. The largest absolute Gasteiger partial charge is 0.497 e. The number of methoxy groups -OCH3 is 2. The molecule has 0 aliphatic rings. The minimum absolute atomic E-state index is 0.0267. The van der Waals surface area contributed by atoms with Crippen LogP contribution in [0.4, 0.5) is 11.4 Å². The van der Waals surface area contributed by atoms with E-state index in [2.05, 4.69) is 29.8 Å². The number of ether oxygens (including phenoxy) is 2. The Morgan fingerprint density at radius 3 is 2.09 bits per heavy atom. The van der Waals surface area contributed by atoms with Gasteiger partial charge in [0.05, 0.1) is 20.0 Å². The highest BCUT2D eigenvalue weighted by molar-refractivity contribution is 8.00. The monoisotopic (exact) mass is 609 g/mol. The summed E-state index contributed by atoms with van der Waals surface area (Å²) in [7, 11) is 3.07. The van der Waals surface area contributed by atoms with Crippen LogP contribution in [0, 0.1) is 0 Å². The summed E-state index contributed by atoms with van der Waals surface area (Å²) in [5.74, 6) is 0.671. The number of nitrogens with one attached hydrogen (secondary N) is 3. The van der Waals surface area contributed by atoms with Crippen LogP contribution in [0.1, 0.15) is 41.3 Å². The Kier molecular flexibility index (Phi) is 11.2. The highest BCUT2D eigenvalue weighted by Gasteiger charge is 2.17. The summed E-state index contributed by atoms with van der Waals surface area (Å²) in [4.78, 5) is 39.7. The number of anilines is 2. The molecule has 3 N–H and O–H groups in total. The zero-order valence-corrected chi connectivity index (χ0v) is 25.9. The van der Waals surface area contributed by atoms with Crippen molar-refractivity contribution < 1.29 is 23.9 Å². The second-order valence-corrected chi connectivity index (χ2v) is 11.1. The summed E-state index contributed by atoms with van der Waals surface area (Å²) in [5, 5.41) is 8.49. The standard InChI is InChI=1S/C35H35N3O5S/c1-23(2)24-10-13-27(14-11-24)36-33(39)22-44-30-18-15-28(16-19-30)37-35(41)31(38-34(40)25-8-6-5-7-9-25)20-26-12-17-29(42-3)21-32(26)43-4/h5-21,23H,22H2,1-4H3,(H,36,39)(H,37,41)(H,38,40)/b31-20-. The van der Waals surface area contributed by atoms with Crippen LogP contribution in [0.2, 0.25) is 0 Å². The van der Waals surface area contributed by atoms with Gasteiger partial charge in [-0.05, 0) is 78.2 Å². The average Bonchev–Trinajstić information content (AvgIpc) is 3.04. The molecule has 0 aromatic heterocycles. The van der Waals surface area contributed by atoms with Crippen molar-refractivity contribution in [3.8, 4) is 11.5 Å². The minimum Gasteiger partial charge on any atom is -0.497 e. The first-order valence-corrected chi connectivity index (χ1v) is 15.0. The fourth-order valence-electron chi connectivity index (χ4n) is 4.17. The Labute approximate surface area is 261 Å². The van der Waals surface area contributed by atoms with Crippen molar-refractivity contribution in [2.45, 2.75) is 24.7 Å². The fourth-order valence-corrected chi connectivity index (χ4v) is 4.86. The van der Waals surface area contributed by atoms with Crippen LogP contribution in [0.5, 0.6) is 11.5 Å². The van der Waals surface area contributed by atoms with Crippen molar-refractivity contribution in [1.29, 1.82) is 0 Å². The molecule has 4 rings (SSSR count). The van der Waals surface area contributed by atoms with Gasteiger partial charge < -0.3 is 25.4 Å². The Hall–Kier alpha value is -5.02. The maximum Gasteiger partial charge on any atom is 0.272 e. The first-order valence-electron chi connectivity index (χ1n) is 14.0. The van der Waals surface area contributed by atoms with Gasteiger partial charge in [-0.2, -0.15) is 0 Å². The van der Waals surface area contributed by atoms with Crippen molar-refractivity contribution in [1.82, 2.24) is 5.32 Å². The average molecular weight is 610 g/mol. The summed E-state index contributed by atoms with van der Waals surface area (Å²) in [6, 6.07) is 28.8. The topological polar surface area (TPSA) is 106 Å². The molecular weight excluding hydrogens is 574 g/mol. The molecule has 44 heavy (non-hydrogen) atoms. The van der Waals surface area contributed by atoms with E-state index in [1.807, 2.05) is 42.5 Å². The molecule has 0 radical (unpaired) electrons. The van der Waals surface area contributed by atoms with E-state index < -0.39 is 11.8 Å². The van der Waals surface area contributed by atoms with E-state index in [0.29, 0.717) is 34.2 Å². The molecule has 4 aromatic rings. The molecule has 0 heterocycles. The van der Waals surface area contributed by atoms with Crippen LogP contribution in [0.15, 0.2) is 108 Å². The lowest BCUT2D eigenvalue weighted by Gasteiger charge is -2.13. The van der Waals surface area contributed by atoms with E-state index in [1.54, 1.807) is 67.8 Å².